The molecule has 8 nitrogen and oxygen atoms in total. The first-order valence-corrected chi connectivity index (χ1v) is 10.2. The number of amides is 1. The summed E-state index contributed by atoms with van der Waals surface area (Å²) in [4.78, 5) is 26.2. The van der Waals surface area contributed by atoms with Crippen molar-refractivity contribution in [3.63, 3.8) is 0 Å². The van der Waals surface area contributed by atoms with Crippen LogP contribution in [0.1, 0.15) is 19.7 Å². The van der Waals surface area contributed by atoms with Gasteiger partial charge in [-0.1, -0.05) is 0 Å². The van der Waals surface area contributed by atoms with Crippen LogP contribution < -0.4 is 19.5 Å². The third kappa shape index (κ3) is 6.20. The summed E-state index contributed by atoms with van der Waals surface area (Å²) in [6.45, 7) is 4.47. The summed E-state index contributed by atoms with van der Waals surface area (Å²) in [5.41, 5.74) is 1.97. The van der Waals surface area contributed by atoms with Crippen LogP contribution in [-0.4, -0.2) is 31.1 Å². The van der Waals surface area contributed by atoms with Gasteiger partial charge in [0.2, 0.25) is 5.91 Å². The first kappa shape index (κ1) is 23.7. The molecule has 0 atom stereocenters. The Morgan fingerprint density at radius 1 is 0.967 bits per heavy atom. The molecule has 1 amide bonds. The molecule has 0 aliphatic rings. The summed E-state index contributed by atoms with van der Waals surface area (Å²) in [6.07, 6.45) is 0. The molecular weight excluding hydrogens is 524 g/mol. The molecule has 0 fully saturated rings. The highest BCUT2D eigenvalue weighted by Crippen LogP contribution is 2.36. The van der Waals surface area contributed by atoms with Crippen LogP contribution in [0.15, 0.2) is 37.6 Å². The molecule has 0 aliphatic carbocycles. The molecular formula is C20H20Br2N2O6. The van der Waals surface area contributed by atoms with Crippen LogP contribution in [0.2, 0.25) is 0 Å². The van der Waals surface area contributed by atoms with Crippen LogP contribution in [0.25, 0.3) is 11.1 Å². The second-order valence-electron chi connectivity index (χ2n) is 5.95. The smallest absolute Gasteiger partial charge is 0.308 e. The van der Waals surface area contributed by atoms with Crippen molar-refractivity contribution < 1.29 is 28.2 Å². The van der Waals surface area contributed by atoms with Crippen LogP contribution >= 0.6 is 31.9 Å². The van der Waals surface area contributed by atoms with E-state index in [4.69, 9.17) is 18.6 Å². The molecule has 0 saturated carbocycles. The number of hydrogen-bond donors (Lipinski definition) is 1. The molecule has 0 bridgehead atoms. The Labute approximate surface area is 190 Å². The number of carbonyl (C=O) groups excluding carboxylic acids is 2. The van der Waals surface area contributed by atoms with E-state index in [2.05, 4.69) is 42.2 Å². The van der Waals surface area contributed by atoms with Crippen molar-refractivity contribution in [2.75, 3.05) is 19.5 Å². The van der Waals surface area contributed by atoms with Crippen LogP contribution in [0.5, 0.6) is 17.2 Å². The maximum Gasteiger partial charge on any atom is 0.308 e. The minimum absolute atomic E-state index is 0.261. The van der Waals surface area contributed by atoms with Crippen molar-refractivity contribution in [2.24, 2.45) is 0 Å². The fourth-order valence-corrected chi connectivity index (χ4v) is 3.39. The number of benzene rings is 2. The number of anilines is 1. The van der Waals surface area contributed by atoms with Gasteiger partial charge in [0.25, 0.3) is 0 Å². The van der Waals surface area contributed by atoms with Crippen LogP contribution in [0.3, 0.4) is 0 Å². The van der Waals surface area contributed by atoms with Gasteiger partial charge in [-0.25, -0.2) is 4.98 Å². The largest absolute Gasteiger partial charge is 0.495 e. The van der Waals surface area contributed by atoms with E-state index in [1.807, 2.05) is 19.1 Å². The molecule has 30 heavy (non-hydrogen) atoms. The summed E-state index contributed by atoms with van der Waals surface area (Å²) in [5.74, 6) is 1.50. The van der Waals surface area contributed by atoms with E-state index >= 15 is 0 Å². The topological polar surface area (TPSA) is 99.9 Å². The highest BCUT2D eigenvalue weighted by molar-refractivity contribution is 9.10. The predicted octanol–water partition coefficient (Wildman–Crippen LogP) is 5.25. The van der Waals surface area contributed by atoms with Crippen LogP contribution in [0, 0.1) is 6.92 Å². The number of nitrogens with one attached hydrogen (secondary N) is 1. The minimum atomic E-state index is -0.464. The number of methoxy groups -OCH3 is 2. The average molecular weight is 544 g/mol. The number of oxazole rings is 1. The minimum Gasteiger partial charge on any atom is -0.495 e. The van der Waals surface area contributed by atoms with Crippen molar-refractivity contribution in [1.82, 2.24) is 4.98 Å². The standard InChI is InChI=1S/C11H12BrNO4.C9H8BrNO2/c1-6(14)13-9-5-10(16-3)8(12)4-11(9)17-7(2)15;1-5-11-7-4-8(12-2)6(10)3-9(7)13-5/h4-5H,1-3H3,(H,13,14);3-4H,1-2H3. The Balaban J connectivity index is 0.000000220. The Hall–Kier alpha value is -2.59. The van der Waals surface area contributed by atoms with E-state index < -0.39 is 5.97 Å². The first-order chi connectivity index (χ1) is 14.1. The van der Waals surface area contributed by atoms with Gasteiger partial charge in [0.05, 0.1) is 28.9 Å². The molecule has 0 unspecified atom stereocenters. The second kappa shape index (κ2) is 10.4. The number of aromatic nitrogens is 1. The van der Waals surface area contributed by atoms with Gasteiger partial charge in [0.15, 0.2) is 17.2 Å². The second-order valence-corrected chi connectivity index (χ2v) is 7.65. The van der Waals surface area contributed by atoms with Gasteiger partial charge in [-0.2, -0.15) is 0 Å². The zero-order chi connectivity index (χ0) is 22.4. The molecule has 3 aromatic rings. The molecule has 0 spiro atoms. The highest BCUT2D eigenvalue weighted by Gasteiger charge is 2.13. The van der Waals surface area contributed by atoms with Gasteiger partial charge in [-0.3, -0.25) is 9.59 Å². The van der Waals surface area contributed by atoms with E-state index in [1.54, 1.807) is 19.2 Å². The quantitative estimate of drug-likeness (QED) is 0.354. The van der Waals surface area contributed by atoms with E-state index in [0.29, 0.717) is 21.8 Å². The number of carbonyl (C=O) groups is 2. The zero-order valence-corrected chi connectivity index (χ0v) is 20.1. The number of esters is 1. The Morgan fingerprint density at radius 2 is 1.57 bits per heavy atom. The predicted molar refractivity (Wildman–Crippen MR) is 119 cm³/mol. The van der Waals surface area contributed by atoms with Crippen molar-refractivity contribution in [2.45, 2.75) is 20.8 Å². The van der Waals surface area contributed by atoms with Gasteiger partial charge >= 0.3 is 5.97 Å². The lowest BCUT2D eigenvalue weighted by atomic mass is 10.2. The molecule has 1 aromatic heterocycles. The lowest BCUT2D eigenvalue weighted by Gasteiger charge is -2.12. The molecule has 0 saturated heterocycles. The highest BCUT2D eigenvalue weighted by atomic mass is 79.9. The van der Waals surface area contributed by atoms with Crippen molar-refractivity contribution in [1.29, 1.82) is 0 Å². The molecule has 3 rings (SSSR count). The Morgan fingerprint density at radius 3 is 2.13 bits per heavy atom. The van der Waals surface area contributed by atoms with Crippen molar-refractivity contribution in [3.8, 4) is 17.2 Å². The number of hydrogen-bond acceptors (Lipinski definition) is 7. The molecule has 0 aliphatic heterocycles. The number of nitrogens with zero attached hydrogens (tertiary/aromatic N) is 1. The summed E-state index contributed by atoms with van der Waals surface area (Å²) in [7, 11) is 3.13. The third-order valence-corrected chi connectivity index (χ3v) is 4.83. The monoisotopic (exact) mass is 542 g/mol. The molecule has 2 aromatic carbocycles. The number of fused-ring (bicyclic) bond motifs is 1. The van der Waals surface area contributed by atoms with Crippen molar-refractivity contribution in [3.05, 3.63) is 39.1 Å². The number of rotatable bonds is 4. The van der Waals surface area contributed by atoms with Gasteiger partial charge < -0.3 is 23.9 Å². The van der Waals surface area contributed by atoms with Crippen LogP contribution in [-0.2, 0) is 9.59 Å². The molecule has 0 radical (unpaired) electrons. The zero-order valence-electron chi connectivity index (χ0n) is 17.0. The molecule has 160 valence electrons. The Bertz CT molecular complexity index is 1080. The lowest BCUT2D eigenvalue weighted by Crippen LogP contribution is -2.10. The maximum atomic E-state index is 11.0. The lowest BCUT2D eigenvalue weighted by molar-refractivity contribution is -0.131. The van der Waals surface area contributed by atoms with E-state index in [9.17, 15) is 9.59 Å². The van der Waals surface area contributed by atoms with Crippen molar-refractivity contribution >= 4 is 60.5 Å². The Kier molecular flexibility index (Phi) is 8.24. The normalized spacial score (nSPS) is 10.1. The molecule has 1 N–H and O–H groups in total. The third-order valence-electron chi connectivity index (χ3n) is 3.59. The number of halogens is 2. The maximum absolute atomic E-state index is 11.0. The molecule has 1 heterocycles. The molecule has 10 heteroatoms. The van der Waals surface area contributed by atoms with Gasteiger partial charge in [0, 0.05) is 45.0 Å². The van der Waals surface area contributed by atoms with Gasteiger partial charge in [-0.15, -0.1) is 0 Å². The van der Waals surface area contributed by atoms with Gasteiger partial charge in [-0.05, 0) is 31.9 Å². The van der Waals surface area contributed by atoms with Crippen LogP contribution in [0.4, 0.5) is 5.69 Å². The first-order valence-electron chi connectivity index (χ1n) is 8.58. The van der Waals surface area contributed by atoms with E-state index in [1.165, 1.54) is 21.0 Å². The number of ether oxygens (including phenoxy) is 3. The summed E-state index contributed by atoms with van der Waals surface area (Å²) >= 11 is 6.64. The average Bonchev–Trinajstić information content (AvgIpc) is 3.01. The fourth-order valence-electron chi connectivity index (χ4n) is 2.42. The van der Waals surface area contributed by atoms with E-state index in [-0.39, 0.29) is 11.7 Å². The summed E-state index contributed by atoms with van der Waals surface area (Å²) in [5, 5.41) is 2.56. The summed E-state index contributed by atoms with van der Waals surface area (Å²) < 4.78 is 22.1. The van der Waals surface area contributed by atoms with E-state index in [0.717, 1.165) is 21.3 Å². The SMILES string of the molecule is COc1cc(NC(C)=O)c(OC(C)=O)cc1Br.COc1cc2nc(C)oc2cc1Br. The fraction of sp³-hybridized carbons (Fsp3) is 0.250. The summed E-state index contributed by atoms with van der Waals surface area (Å²) in [6, 6.07) is 6.83. The number of aryl methyl sites for hydroxylation is 1. The van der Waals surface area contributed by atoms with Gasteiger partial charge in [0.1, 0.15) is 17.0 Å².